The molecule has 0 radical (unpaired) electrons. The topological polar surface area (TPSA) is 109 Å². The molecule has 2 aromatic carbocycles. The number of halogens is 4. The van der Waals surface area contributed by atoms with E-state index in [0.29, 0.717) is 21.3 Å². The van der Waals surface area contributed by atoms with Gasteiger partial charge in [-0.3, -0.25) is 9.59 Å². The number of thiazole rings is 1. The number of nitrogens with zero attached hydrogens (tertiary/aromatic N) is 1. The first-order valence-corrected chi connectivity index (χ1v) is 11.7. The number of carbonyl (C=O) groups excluding carboxylic acids is 2. The van der Waals surface area contributed by atoms with Crippen LogP contribution in [0.5, 0.6) is 0 Å². The van der Waals surface area contributed by atoms with Crippen LogP contribution in [0.2, 0.25) is 5.02 Å². The Morgan fingerprint density at radius 1 is 1.11 bits per heavy atom. The maximum atomic E-state index is 14.1. The molecule has 1 aromatic heterocycles. The number of likely N-dealkylation sites (N-methyl/N-ethyl adjacent to an activating group) is 1. The van der Waals surface area contributed by atoms with E-state index in [9.17, 15) is 22.8 Å². The van der Waals surface area contributed by atoms with Gasteiger partial charge in [0, 0.05) is 22.2 Å². The molecule has 3 rings (SSSR count). The molecule has 0 bridgehead atoms. The average molecular weight is 526 g/mol. The van der Waals surface area contributed by atoms with Crippen molar-refractivity contribution in [3.8, 4) is 10.6 Å². The molecular formula is C23H23ClF3N5O2S. The summed E-state index contributed by atoms with van der Waals surface area (Å²) in [5.74, 6) is -2.99. The minimum absolute atomic E-state index is 0.0171. The SMILES string of the molecule is CNC(CC(N)C(=O)NCc1sc(-c2ccc(F)cc2F)nc1C)C(=O)Nc1ccc(F)c(Cl)c1. The first-order chi connectivity index (χ1) is 16.6. The minimum atomic E-state index is -1.02. The molecule has 0 aliphatic heterocycles. The smallest absolute Gasteiger partial charge is 0.241 e. The van der Waals surface area contributed by atoms with Crippen molar-refractivity contribution in [1.82, 2.24) is 15.6 Å². The van der Waals surface area contributed by atoms with E-state index in [1.54, 1.807) is 14.0 Å². The van der Waals surface area contributed by atoms with Gasteiger partial charge in [-0.05, 0) is 50.7 Å². The summed E-state index contributed by atoms with van der Waals surface area (Å²) in [6.45, 7) is 1.81. The third-order valence-corrected chi connectivity index (χ3v) is 6.64. The highest BCUT2D eigenvalue weighted by molar-refractivity contribution is 7.15. The standard InChI is InChI=1S/C23H23ClF3N5O2S/c1-11-20(35-23(31-11)14-5-3-12(25)7-17(14)27)10-30-21(33)18(28)9-19(29-2)22(34)32-13-4-6-16(26)15(24)8-13/h3-8,18-19,29H,9-10,28H2,1-2H3,(H,30,33)(H,32,34). The molecule has 1 heterocycles. The Morgan fingerprint density at radius 3 is 2.51 bits per heavy atom. The van der Waals surface area contributed by atoms with Crippen molar-refractivity contribution < 1.29 is 22.8 Å². The van der Waals surface area contributed by atoms with Gasteiger partial charge in [-0.15, -0.1) is 11.3 Å². The number of nitrogens with one attached hydrogen (secondary N) is 3. The molecule has 7 nitrogen and oxygen atoms in total. The molecule has 0 aliphatic carbocycles. The van der Waals surface area contributed by atoms with Crippen LogP contribution in [0.1, 0.15) is 17.0 Å². The largest absolute Gasteiger partial charge is 0.350 e. The van der Waals surface area contributed by atoms with Crippen molar-refractivity contribution >= 4 is 40.4 Å². The fraction of sp³-hybridized carbons (Fsp3) is 0.261. The van der Waals surface area contributed by atoms with Gasteiger partial charge in [0.15, 0.2) is 0 Å². The summed E-state index contributed by atoms with van der Waals surface area (Å²) in [4.78, 5) is 30.1. The maximum absolute atomic E-state index is 14.1. The monoisotopic (exact) mass is 525 g/mol. The van der Waals surface area contributed by atoms with Crippen LogP contribution in [0.3, 0.4) is 0 Å². The quantitative estimate of drug-likeness (QED) is 0.340. The van der Waals surface area contributed by atoms with Crippen molar-refractivity contribution in [2.45, 2.75) is 32.0 Å². The zero-order chi connectivity index (χ0) is 25.7. The summed E-state index contributed by atoms with van der Waals surface area (Å²) >= 11 is 6.90. The van der Waals surface area contributed by atoms with Gasteiger partial charge in [0.1, 0.15) is 22.5 Å². The summed E-state index contributed by atoms with van der Waals surface area (Å²) < 4.78 is 40.6. The van der Waals surface area contributed by atoms with E-state index >= 15 is 0 Å². The van der Waals surface area contributed by atoms with E-state index in [1.807, 2.05) is 0 Å². The van der Waals surface area contributed by atoms with Crippen LogP contribution >= 0.6 is 22.9 Å². The molecule has 0 spiro atoms. The van der Waals surface area contributed by atoms with Crippen molar-refractivity contribution in [1.29, 1.82) is 0 Å². The Morgan fingerprint density at radius 2 is 1.86 bits per heavy atom. The van der Waals surface area contributed by atoms with Gasteiger partial charge in [-0.25, -0.2) is 18.2 Å². The summed E-state index contributed by atoms with van der Waals surface area (Å²) in [5, 5.41) is 8.32. The molecule has 2 amide bonds. The highest BCUT2D eigenvalue weighted by Crippen LogP contribution is 2.30. The van der Waals surface area contributed by atoms with E-state index < -0.39 is 41.3 Å². The van der Waals surface area contributed by atoms with Gasteiger partial charge < -0.3 is 21.7 Å². The van der Waals surface area contributed by atoms with E-state index in [2.05, 4.69) is 20.9 Å². The van der Waals surface area contributed by atoms with Crippen molar-refractivity contribution in [3.63, 3.8) is 0 Å². The van der Waals surface area contributed by atoms with Gasteiger partial charge in [-0.2, -0.15) is 0 Å². The van der Waals surface area contributed by atoms with Gasteiger partial charge in [0.2, 0.25) is 11.8 Å². The normalized spacial score (nSPS) is 12.8. The Balaban J connectivity index is 1.58. The first kappa shape index (κ1) is 26.6. The van der Waals surface area contributed by atoms with Crippen molar-refractivity contribution in [2.75, 3.05) is 12.4 Å². The number of aromatic nitrogens is 1. The molecular weight excluding hydrogens is 503 g/mol. The molecule has 3 aromatic rings. The lowest BCUT2D eigenvalue weighted by atomic mass is 10.1. The Kier molecular flexibility index (Phi) is 8.84. The Bertz CT molecular complexity index is 1240. The fourth-order valence-corrected chi connectivity index (χ4v) is 4.40. The average Bonchev–Trinajstić information content (AvgIpc) is 3.17. The van der Waals surface area contributed by atoms with Gasteiger partial charge in [0.05, 0.1) is 29.3 Å². The zero-order valence-electron chi connectivity index (χ0n) is 18.8. The van der Waals surface area contributed by atoms with Crippen LogP contribution in [0, 0.1) is 24.4 Å². The molecule has 0 aliphatic rings. The van der Waals surface area contributed by atoms with Crippen LogP contribution in [-0.2, 0) is 16.1 Å². The summed E-state index contributed by atoms with van der Waals surface area (Å²) in [5.41, 5.74) is 7.06. The number of carbonyl (C=O) groups is 2. The molecule has 186 valence electrons. The molecule has 2 atom stereocenters. The number of amides is 2. The predicted molar refractivity (Wildman–Crippen MR) is 130 cm³/mol. The summed E-state index contributed by atoms with van der Waals surface area (Å²) in [6.07, 6.45) is -0.0171. The second-order valence-corrected chi connectivity index (χ2v) is 9.16. The van der Waals surface area contributed by atoms with Crippen molar-refractivity contribution in [3.05, 3.63) is 69.4 Å². The third kappa shape index (κ3) is 6.79. The van der Waals surface area contributed by atoms with Gasteiger partial charge in [0.25, 0.3) is 0 Å². The molecule has 2 unspecified atom stereocenters. The van der Waals surface area contributed by atoms with E-state index in [1.165, 1.54) is 29.5 Å². The lowest BCUT2D eigenvalue weighted by Crippen LogP contribution is -2.48. The minimum Gasteiger partial charge on any atom is -0.350 e. The summed E-state index contributed by atoms with van der Waals surface area (Å²) in [7, 11) is 1.54. The molecule has 35 heavy (non-hydrogen) atoms. The maximum Gasteiger partial charge on any atom is 0.241 e. The molecule has 0 fully saturated rings. The number of rotatable bonds is 9. The van der Waals surface area contributed by atoms with Crippen LogP contribution in [-0.4, -0.2) is 35.9 Å². The molecule has 5 N–H and O–H groups in total. The van der Waals surface area contributed by atoms with Crippen molar-refractivity contribution in [2.24, 2.45) is 5.73 Å². The van der Waals surface area contributed by atoms with Crippen LogP contribution in [0.4, 0.5) is 18.9 Å². The second kappa shape index (κ2) is 11.6. The Hall–Kier alpha value is -2.99. The summed E-state index contributed by atoms with van der Waals surface area (Å²) in [6, 6.07) is 5.18. The number of hydrogen-bond donors (Lipinski definition) is 4. The fourth-order valence-electron chi connectivity index (χ4n) is 3.19. The van der Waals surface area contributed by atoms with Crippen LogP contribution in [0.15, 0.2) is 36.4 Å². The van der Waals surface area contributed by atoms with E-state index in [-0.39, 0.29) is 23.6 Å². The highest BCUT2D eigenvalue weighted by atomic mass is 35.5. The third-order valence-electron chi connectivity index (χ3n) is 5.16. The molecule has 12 heteroatoms. The second-order valence-electron chi connectivity index (χ2n) is 7.67. The lowest BCUT2D eigenvalue weighted by molar-refractivity contribution is -0.123. The van der Waals surface area contributed by atoms with E-state index in [0.717, 1.165) is 18.2 Å². The molecule has 0 saturated heterocycles. The van der Waals surface area contributed by atoms with E-state index in [4.69, 9.17) is 17.3 Å². The number of benzene rings is 2. The first-order valence-electron chi connectivity index (χ1n) is 10.5. The van der Waals surface area contributed by atoms with Crippen LogP contribution in [0.25, 0.3) is 10.6 Å². The lowest BCUT2D eigenvalue weighted by Gasteiger charge is -2.20. The van der Waals surface area contributed by atoms with Gasteiger partial charge >= 0.3 is 0 Å². The number of hydrogen-bond acceptors (Lipinski definition) is 6. The van der Waals surface area contributed by atoms with Crippen LogP contribution < -0.4 is 21.7 Å². The number of nitrogens with two attached hydrogens (primary N) is 1. The number of aryl methyl sites for hydroxylation is 1. The Labute approximate surface area is 208 Å². The zero-order valence-corrected chi connectivity index (χ0v) is 20.4. The van der Waals surface area contributed by atoms with Gasteiger partial charge in [-0.1, -0.05) is 11.6 Å². The highest BCUT2D eigenvalue weighted by Gasteiger charge is 2.24. The number of anilines is 1. The predicted octanol–water partition coefficient (Wildman–Crippen LogP) is 3.75. The molecule has 0 saturated carbocycles.